The summed E-state index contributed by atoms with van der Waals surface area (Å²) < 4.78 is 5.27. The molecule has 1 N–H and O–H groups in total. The van der Waals surface area contributed by atoms with Gasteiger partial charge in [0.1, 0.15) is 0 Å². The summed E-state index contributed by atoms with van der Waals surface area (Å²) in [5.41, 5.74) is 4.03. The molecule has 0 fully saturated rings. The van der Waals surface area contributed by atoms with Gasteiger partial charge in [0, 0.05) is 5.69 Å². The van der Waals surface area contributed by atoms with Gasteiger partial charge < -0.3 is 10.1 Å². The normalized spacial score (nSPS) is 11.7. The molecular formula is C19H21NO3. The Bertz CT molecular complexity index is 737. The Hall–Kier alpha value is -2.62. The van der Waals surface area contributed by atoms with Crippen LogP contribution in [-0.2, 0) is 9.53 Å². The SMILES string of the molecule is Cc1ccc(C)c(NC(=O)[C@H](C)OC(=O)c2ccccc2C)c1. The fourth-order valence-corrected chi connectivity index (χ4v) is 2.18. The van der Waals surface area contributed by atoms with E-state index in [4.69, 9.17) is 4.74 Å². The van der Waals surface area contributed by atoms with Gasteiger partial charge in [-0.1, -0.05) is 30.3 Å². The molecule has 4 nitrogen and oxygen atoms in total. The zero-order valence-electron chi connectivity index (χ0n) is 13.8. The molecule has 0 aromatic heterocycles. The molecule has 0 saturated heterocycles. The number of anilines is 1. The van der Waals surface area contributed by atoms with E-state index < -0.39 is 12.1 Å². The smallest absolute Gasteiger partial charge is 0.339 e. The highest BCUT2D eigenvalue weighted by Crippen LogP contribution is 2.17. The van der Waals surface area contributed by atoms with Crippen LogP contribution in [0.3, 0.4) is 0 Å². The van der Waals surface area contributed by atoms with Crippen LogP contribution >= 0.6 is 0 Å². The summed E-state index contributed by atoms with van der Waals surface area (Å²) in [7, 11) is 0. The second-order valence-corrected chi connectivity index (χ2v) is 5.67. The van der Waals surface area contributed by atoms with E-state index in [0.717, 1.165) is 22.4 Å². The quantitative estimate of drug-likeness (QED) is 0.874. The molecule has 2 aromatic rings. The van der Waals surface area contributed by atoms with Crippen molar-refractivity contribution in [1.29, 1.82) is 0 Å². The van der Waals surface area contributed by atoms with Crippen LogP contribution in [0.1, 0.15) is 34.0 Å². The highest BCUT2D eigenvalue weighted by atomic mass is 16.5. The largest absolute Gasteiger partial charge is 0.449 e. The maximum Gasteiger partial charge on any atom is 0.339 e. The van der Waals surface area contributed by atoms with E-state index >= 15 is 0 Å². The molecular weight excluding hydrogens is 290 g/mol. The van der Waals surface area contributed by atoms with Gasteiger partial charge in [0.05, 0.1) is 5.56 Å². The molecule has 1 atom stereocenters. The molecule has 2 rings (SSSR count). The molecule has 23 heavy (non-hydrogen) atoms. The van der Waals surface area contributed by atoms with Crippen LogP contribution in [0.4, 0.5) is 5.69 Å². The molecule has 0 unspecified atom stereocenters. The molecule has 4 heteroatoms. The van der Waals surface area contributed by atoms with Crippen molar-refractivity contribution in [2.45, 2.75) is 33.8 Å². The average molecular weight is 311 g/mol. The molecule has 0 aliphatic carbocycles. The number of benzene rings is 2. The van der Waals surface area contributed by atoms with Gasteiger partial charge in [-0.3, -0.25) is 4.79 Å². The molecule has 0 aliphatic heterocycles. The summed E-state index contributed by atoms with van der Waals surface area (Å²) in [6.07, 6.45) is -0.873. The van der Waals surface area contributed by atoms with Crippen molar-refractivity contribution in [3.63, 3.8) is 0 Å². The fourth-order valence-electron chi connectivity index (χ4n) is 2.18. The first-order valence-corrected chi connectivity index (χ1v) is 7.53. The van der Waals surface area contributed by atoms with Crippen LogP contribution < -0.4 is 5.32 Å². The number of hydrogen-bond donors (Lipinski definition) is 1. The van der Waals surface area contributed by atoms with Gasteiger partial charge in [0.25, 0.3) is 5.91 Å². The number of nitrogens with one attached hydrogen (secondary N) is 1. The molecule has 0 radical (unpaired) electrons. The molecule has 0 heterocycles. The number of carbonyl (C=O) groups is 2. The van der Waals surface area contributed by atoms with Gasteiger partial charge in [0.2, 0.25) is 0 Å². The number of rotatable bonds is 4. The Morgan fingerprint density at radius 2 is 1.70 bits per heavy atom. The van der Waals surface area contributed by atoms with Crippen molar-refractivity contribution in [2.24, 2.45) is 0 Å². The standard InChI is InChI=1S/C19H21NO3/c1-12-9-10-14(3)17(11-12)20-18(21)15(4)23-19(22)16-8-6-5-7-13(16)2/h5-11,15H,1-4H3,(H,20,21)/t15-/m0/s1. The first kappa shape index (κ1) is 16.7. The van der Waals surface area contributed by atoms with E-state index in [-0.39, 0.29) is 5.91 Å². The lowest BCUT2D eigenvalue weighted by Crippen LogP contribution is -2.30. The van der Waals surface area contributed by atoms with Crippen molar-refractivity contribution < 1.29 is 14.3 Å². The van der Waals surface area contributed by atoms with Crippen molar-refractivity contribution in [2.75, 3.05) is 5.32 Å². The topological polar surface area (TPSA) is 55.4 Å². The Morgan fingerprint density at radius 1 is 1.00 bits per heavy atom. The van der Waals surface area contributed by atoms with Gasteiger partial charge in [-0.25, -0.2) is 4.79 Å². The van der Waals surface area contributed by atoms with E-state index in [0.29, 0.717) is 5.56 Å². The lowest BCUT2D eigenvalue weighted by molar-refractivity contribution is -0.123. The van der Waals surface area contributed by atoms with Crippen LogP contribution in [0.15, 0.2) is 42.5 Å². The van der Waals surface area contributed by atoms with E-state index in [1.165, 1.54) is 0 Å². The number of hydrogen-bond acceptors (Lipinski definition) is 3. The molecule has 0 saturated carbocycles. The van der Waals surface area contributed by atoms with Gasteiger partial charge in [-0.15, -0.1) is 0 Å². The van der Waals surface area contributed by atoms with Crippen LogP contribution in [0, 0.1) is 20.8 Å². The van der Waals surface area contributed by atoms with Crippen molar-refractivity contribution >= 4 is 17.6 Å². The maximum absolute atomic E-state index is 12.2. The molecule has 0 spiro atoms. The van der Waals surface area contributed by atoms with E-state index in [1.54, 1.807) is 19.1 Å². The van der Waals surface area contributed by atoms with Crippen molar-refractivity contribution in [1.82, 2.24) is 0 Å². The summed E-state index contributed by atoms with van der Waals surface area (Å²) in [4.78, 5) is 24.4. The third kappa shape index (κ3) is 4.19. The average Bonchev–Trinajstić information content (AvgIpc) is 2.51. The minimum absolute atomic E-state index is 0.347. The van der Waals surface area contributed by atoms with Crippen molar-refractivity contribution in [3.8, 4) is 0 Å². The minimum Gasteiger partial charge on any atom is -0.449 e. The molecule has 120 valence electrons. The third-order valence-corrected chi connectivity index (χ3v) is 3.67. The van der Waals surface area contributed by atoms with Crippen LogP contribution in [0.5, 0.6) is 0 Å². The number of esters is 1. The van der Waals surface area contributed by atoms with Gasteiger partial charge in [0.15, 0.2) is 6.10 Å². The van der Waals surface area contributed by atoms with Crippen LogP contribution in [0.2, 0.25) is 0 Å². The Morgan fingerprint density at radius 3 is 2.39 bits per heavy atom. The maximum atomic E-state index is 12.2. The van der Waals surface area contributed by atoms with Crippen LogP contribution in [-0.4, -0.2) is 18.0 Å². The predicted octanol–water partition coefficient (Wildman–Crippen LogP) is 3.80. The fraction of sp³-hybridized carbons (Fsp3) is 0.263. The van der Waals surface area contributed by atoms with E-state index in [1.807, 2.05) is 51.1 Å². The lowest BCUT2D eigenvalue weighted by atomic mass is 10.1. The molecule has 0 bridgehead atoms. The zero-order valence-corrected chi connectivity index (χ0v) is 13.8. The Labute approximate surface area is 136 Å². The second-order valence-electron chi connectivity index (χ2n) is 5.67. The van der Waals surface area contributed by atoms with Gasteiger partial charge in [-0.2, -0.15) is 0 Å². The number of carbonyl (C=O) groups excluding carboxylic acids is 2. The lowest BCUT2D eigenvalue weighted by Gasteiger charge is -2.15. The number of amides is 1. The Balaban J connectivity index is 2.04. The van der Waals surface area contributed by atoms with E-state index in [9.17, 15) is 9.59 Å². The van der Waals surface area contributed by atoms with Gasteiger partial charge >= 0.3 is 5.97 Å². The zero-order chi connectivity index (χ0) is 17.0. The number of aryl methyl sites for hydroxylation is 3. The van der Waals surface area contributed by atoms with Gasteiger partial charge in [-0.05, 0) is 56.5 Å². The third-order valence-electron chi connectivity index (χ3n) is 3.67. The predicted molar refractivity (Wildman–Crippen MR) is 90.6 cm³/mol. The monoisotopic (exact) mass is 311 g/mol. The highest BCUT2D eigenvalue weighted by Gasteiger charge is 2.20. The minimum atomic E-state index is -0.873. The summed E-state index contributed by atoms with van der Waals surface area (Å²) >= 11 is 0. The first-order chi connectivity index (χ1) is 10.9. The van der Waals surface area contributed by atoms with E-state index in [2.05, 4.69) is 5.32 Å². The summed E-state index contributed by atoms with van der Waals surface area (Å²) in [5, 5.41) is 2.81. The summed E-state index contributed by atoms with van der Waals surface area (Å²) in [6.45, 7) is 7.27. The summed E-state index contributed by atoms with van der Waals surface area (Å²) in [6, 6.07) is 12.9. The highest BCUT2D eigenvalue weighted by molar-refractivity contribution is 5.98. The summed E-state index contributed by atoms with van der Waals surface area (Å²) in [5.74, 6) is -0.840. The molecule has 1 amide bonds. The number of ether oxygens (including phenoxy) is 1. The Kier molecular flexibility index (Phi) is 5.16. The molecule has 2 aromatic carbocycles. The van der Waals surface area contributed by atoms with Crippen LogP contribution in [0.25, 0.3) is 0 Å². The first-order valence-electron chi connectivity index (χ1n) is 7.53. The molecule has 0 aliphatic rings. The second kappa shape index (κ2) is 7.09. The van der Waals surface area contributed by atoms with Crippen molar-refractivity contribution in [3.05, 3.63) is 64.7 Å².